The first-order valence-electron chi connectivity index (χ1n) is 11.0. The van der Waals surface area contributed by atoms with Gasteiger partial charge in [0.2, 0.25) is 17.7 Å². The van der Waals surface area contributed by atoms with E-state index in [2.05, 4.69) is 25.9 Å². The average Bonchev–Trinajstić information content (AvgIpc) is 3.30. The van der Waals surface area contributed by atoms with E-state index in [0.717, 1.165) is 5.56 Å². The largest absolute Gasteiger partial charge is 0.480 e. The van der Waals surface area contributed by atoms with Gasteiger partial charge in [0.05, 0.1) is 12.4 Å². The second-order valence-electron chi connectivity index (χ2n) is 8.44. The van der Waals surface area contributed by atoms with Crippen molar-refractivity contribution in [2.75, 3.05) is 0 Å². The van der Waals surface area contributed by atoms with Crippen molar-refractivity contribution >= 4 is 23.7 Å². The predicted molar refractivity (Wildman–Crippen MR) is 124 cm³/mol. The molecular formula is C23H32N6O5. The van der Waals surface area contributed by atoms with Crippen molar-refractivity contribution in [3.63, 3.8) is 0 Å². The number of nitrogens with zero attached hydrogens (tertiary/aromatic N) is 1. The Kier molecular flexibility index (Phi) is 9.75. The Hall–Kier alpha value is -3.73. The van der Waals surface area contributed by atoms with Gasteiger partial charge in [0.15, 0.2) is 0 Å². The third-order valence-electron chi connectivity index (χ3n) is 5.23. The minimum atomic E-state index is -1.22. The highest BCUT2D eigenvalue weighted by atomic mass is 16.4. The highest BCUT2D eigenvalue weighted by molar-refractivity contribution is 5.94. The summed E-state index contributed by atoms with van der Waals surface area (Å²) in [6, 6.07) is 5.26. The van der Waals surface area contributed by atoms with Crippen LogP contribution in [0.25, 0.3) is 0 Å². The summed E-state index contributed by atoms with van der Waals surface area (Å²) < 4.78 is 0. The Labute approximate surface area is 197 Å². The maximum Gasteiger partial charge on any atom is 0.326 e. The van der Waals surface area contributed by atoms with Crippen LogP contribution in [0.2, 0.25) is 0 Å². The van der Waals surface area contributed by atoms with E-state index >= 15 is 0 Å². The summed E-state index contributed by atoms with van der Waals surface area (Å²) in [6.45, 7) is 4.94. The van der Waals surface area contributed by atoms with Crippen LogP contribution in [0.5, 0.6) is 0 Å². The topological polar surface area (TPSA) is 179 Å². The fourth-order valence-corrected chi connectivity index (χ4v) is 3.24. The highest BCUT2D eigenvalue weighted by Gasteiger charge is 2.30. The number of H-pyrrole nitrogens is 1. The monoisotopic (exact) mass is 472 g/mol. The zero-order valence-electron chi connectivity index (χ0n) is 19.4. The number of aliphatic carboxylic acids is 1. The molecule has 4 unspecified atom stereocenters. The second-order valence-corrected chi connectivity index (χ2v) is 8.44. The minimum absolute atomic E-state index is 0.00567. The first-order valence-corrected chi connectivity index (χ1v) is 11.0. The molecule has 3 amide bonds. The Morgan fingerprint density at radius 2 is 1.65 bits per heavy atom. The van der Waals surface area contributed by atoms with Crippen molar-refractivity contribution in [1.82, 2.24) is 25.9 Å². The average molecular weight is 473 g/mol. The molecule has 34 heavy (non-hydrogen) atoms. The summed E-state index contributed by atoms with van der Waals surface area (Å²) in [6.07, 6.45) is 3.19. The van der Waals surface area contributed by atoms with Crippen molar-refractivity contribution in [2.45, 2.75) is 57.8 Å². The standard InChI is InChI=1S/C23H32N6O5/c1-13(2)19(29-21(31)17(24)9-15-7-5-4-6-8-15)22(32)27-14(3)20(30)28-18(23(33)34)10-16-11-25-12-26-16/h4-8,11-14,17-19H,9-10,24H2,1-3H3,(H,25,26)(H,27,32)(H,28,30)(H,29,31)(H,33,34). The number of carboxylic acids is 1. The Balaban J connectivity index is 1.94. The van der Waals surface area contributed by atoms with Gasteiger partial charge < -0.3 is 31.8 Å². The number of benzene rings is 1. The van der Waals surface area contributed by atoms with Crippen molar-refractivity contribution < 1.29 is 24.3 Å². The van der Waals surface area contributed by atoms with Crippen LogP contribution in [0, 0.1) is 5.92 Å². The van der Waals surface area contributed by atoms with E-state index in [9.17, 15) is 24.3 Å². The number of amides is 3. The van der Waals surface area contributed by atoms with Gasteiger partial charge in [0.25, 0.3) is 0 Å². The number of carbonyl (C=O) groups excluding carboxylic acids is 3. The molecule has 0 saturated heterocycles. The van der Waals surface area contributed by atoms with Gasteiger partial charge in [-0.1, -0.05) is 44.2 Å². The summed E-state index contributed by atoms with van der Waals surface area (Å²) in [7, 11) is 0. The van der Waals surface area contributed by atoms with Crippen LogP contribution in [0.4, 0.5) is 0 Å². The van der Waals surface area contributed by atoms with Gasteiger partial charge in [-0.15, -0.1) is 0 Å². The molecule has 0 radical (unpaired) electrons. The van der Waals surface area contributed by atoms with Crippen molar-refractivity contribution in [1.29, 1.82) is 0 Å². The number of imidazole rings is 1. The molecule has 1 heterocycles. The molecule has 1 aromatic carbocycles. The number of hydrogen-bond donors (Lipinski definition) is 6. The minimum Gasteiger partial charge on any atom is -0.480 e. The smallest absolute Gasteiger partial charge is 0.326 e. The van der Waals surface area contributed by atoms with E-state index in [-0.39, 0.29) is 12.3 Å². The van der Waals surface area contributed by atoms with Crippen molar-refractivity contribution in [2.24, 2.45) is 11.7 Å². The molecular weight excluding hydrogens is 440 g/mol. The molecule has 0 spiro atoms. The van der Waals surface area contributed by atoms with Crippen LogP contribution in [0.15, 0.2) is 42.9 Å². The summed E-state index contributed by atoms with van der Waals surface area (Å²) in [5.41, 5.74) is 7.45. The van der Waals surface area contributed by atoms with Crippen LogP contribution in [-0.4, -0.2) is 62.9 Å². The van der Waals surface area contributed by atoms with Crippen LogP contribution in [0.1, 0.15) is 32.0 Å². The van der Waals surface area contributed by atoms with Crippen LogP contribution < -0.4 is 21.7 Å². The van der Waals surface area contributed by atoms with Gasteiger partial charge in [-0.3, -0.25) is 14.4 Å². The zero-order chi connectivity index (χ0) is 25.3. The SMILES string of the molecule is CC(NC(=O)C(NC(=O)C(N)Cc1ccccc1)C(C)C)C(=O)NC(Cc1cnc[nH]1)C(=O)O. The number of aromatic nitrogens is 2. The lowest BCUT2D eigenvalue weighted by atomic mass is 10.0. The molecule has 0 aliphatic carbocycles. The zero-order valence-corrected chi connectivity index (χ0v) is 19.4. The molecule has 2 aromatic rings. The number of carboxylic acid groups (broad SMARTS) is 1. The normalized spacial score (nSPS) is 14.5. The van der Waals surface area contributed by atoms with Gasteiger partial charge in [-0.05, 0) is 24.8 Å². The number of rotatable bonds is 12. The van der Waals surface area contributed by atoms with Crippen LogP contribution >= 0.6 is 0 Å². The molecule has 4 atom stereocenters. The molecule has 0 bridgehead atoms. The molecule has 11 nitrogen and oxygen atoms in total. The molecule has 2 rings (SSSR count). The van der Waals surface area contributed by atoms with E-state index < -0.39 is 47.9 Å². The Morgan fingerprint density at radius 1 is 0.971 bits per heavy atom. The number of carbonyl (C=O) groups is 4. The molecule has 1 aromatic heterocycles. The molecule has 7 N–H and O–H groups in total. The van der Waals surface area contributed by atoms with E-state index in [1.165, 1.54) is 19.4 Å². The second kappa shape index (κ2) is 12.5. The summed E-state index contributed by atoms with van der Waals surface area (Å²) in [5, 5.41) is 17.0. The third kappa shape index (κ3) is 8.00. The molecule has 0 fully saturated rings. The fourth-order valence-electron chi connectivity index (χ4n) is 3.24. The molecule has 0 aliphatic rings. The number of nitrogens with two attached hydrogens (primary N) is 1. The Morgan fingerprint density at radius 3 is 2.21 bits per heavy atom. The molecule has 184 valence electrons. The molecule has 11 heteroatoms. The third-order valence-corrected chi connectivity index (χ3v) is 5.23. The summed E-state index contributed by atoms with van der Waals surface area (Å²) >= 11 is 0. The number of hydrogen-bond acceptors (Lipinski definition) is 6. The van der Waals surface area contributed by atoms with Gasteiger partial charge >= 0.3 is 5.97 Å². The lowest BCUT2D eigenvalue weighted by molar-refractivity contribution is -0.142. The maximum absolute atomic E-state index is 12.8. The van der Waals surface area contributed by atoms with E-state index in [1.807, 2.05) is 30.3 Å². The maximum atomic E-state index is 12.8. The molecule has 0 aliphatic heterocycles. The van der Waals surface area contributed by atoms with Gasteiger partial charge in [-0.25, -0.2) is 9.78 Å². The van der Waals surface area contributed by atoms with E-state index in [1.54, 1.807) is 13.8 Å². The van der Waals surface area contributed by atoms with Crippen LogP contribution in [-0.2, 0) is 32.0 Å². The van der Waals surface area contributed by atoms with Gasteiger partial charge in [-0.2, -0.15) is 0 Å². The van der Waals surface area contributed by atoms with Gasteiger partial charge in [0.1, 0.15) is 18.1 Å². The first kappa shape index (κ1) is 26.5. The summed E-state index contributed by atoms with van der Waals surface area (Å²) in [5.74, 6) is -3.23. The van der Waals surface area contributed by atoms with Crippen molar-refractivity contribution in [3.05, 3.63) is 54.1 Å². The quantitative estimate of drug-likeness (QED) is 0.246. The molecule has 0 saturated carbocycles. The van der Waals surface area contributed by atoms with E-state index in [0.29, 0.717) is 12.1 Å². The van der Waals surface area contributed by atoms with Crippen LogP contribution in [0.3, 0.4) is 0 Å². The van der Waals surface area contributed by atoms with E-state index in [4.69, 9.17) is 5.73 Å². The number of aromatic amines is 1. The number of nitrogens with one attached hydrogen (secondary N) is 4. The van der Waals surface area contributed by atoms with Crippen molar-refractivity contribution in [3.8, 4) is 0 Å². The lowest BCUT2D eigenvalue weighted by Crippen LogP contribution is -2.58. The fraction of sp³-hybridized carbons (Fsp3) is 0.435. The first-order chi connectivity index (χ1) is 16.1. The van der Waals surface area contributed by atoms with Gasteiger partial charge in [0, 0.05) is 18.3 Å². The lowest BCUT2D eigenvalue weighted by Gasteiger charge is -2.25. The summed E-state index contributed by atoms with van der Waals surface area (Å²) in [4.78, 5) is 56.1. The predicted octanol–water partition coefficient (Wildman–Crippen LogP) is -0.263. The highest BCUT2D eigenvalue weighted by Crippen LogP contribution is 2.06. The Bertz CT molecular complexity index is 963.